The van der Waals surface area contributed by atoms with Crippen LogP contribution in [0.1, 0.15) is 47.5 Å². The minimum absolute atomic E-state index is 0.331. The molecule has 2 rings (SSSR count). The Balaban J connectivity index is 2.29. The van der Waals surface area contributed by atoms with Gasteiger partial charge in [0.1, 0.15) is 0 Å². The minimum Gasteiger partial charge on any atom is -0.333 e. The van der Waals surface area contributed by atoms with Gasteiger partial charge in [0, 0.05) is 12.2 Å². The van der Waals surface area contributed by atoms with E-state index in [0.29, 0.717) is 6.04 Å². The molecule has 1 N–H and O–H groups in total. The Morgan fingerprint density at radius 1 is 1.19 bits per heavy atom. The van der Waals surface area contributed by atoms with Gasteiger partial charge < -0.3 is 9.88 Å². The average molecular weight is 285 g/mol. The maximum absolute atomic E-state index is 4.42. The first kappa shape index (κ1) is 15.8. The summed E-state index contributed by atoms with van der Waals surface area (Å²) >= 11 is 0. The predicted molar refractivity (Wildman–Crippen MR) is 88.7 cm³/mol. The van der Waals surface area contributed by atoms with Crippen molar-refractivity contribution < 1.29 is 0 Å². The van der Waals surface area contributed by atoms with Gasteiger partial charge in [-0.25, -0.2) is 4.98 Å². The molecule has 3 heteroatoms. The molecule has 0 aliphatic heterocycles. The lowest BCUT2D eigenvalue weighted by Crippen LogP contribution is -2.27. The molecule has 1 heterocycles. The summed E-state index contributed by atoms with van der Waals surface area (Å²) in [7, 11) is 0. The first-order valence-electron chi connectivity index (χ1n) is 7.81. The average Bonchev–Trinajstić information content (AvgIpc) is 2.78. The highest BCUT2D eigenvalue weighted by atomic mass is 15.1. The number of nitrogens with zero attached hydrogens (tertiary/aromatic N) is 2. The van der Waals surface area contributed by atoms with Crippen molar-refractivity contribution in [2.75, 3.05) is 6.54 Å². The highest BCUT2D eigenvalue weighted by Crippen LogP contribution is 2.22. The topological polar surface area (TPSA) is 29.9 Å². The van der Waals surface area contributed by atoms with Crippen LogP contribution in [0.5, 0.6) is 0 Å². The molecule has 0 aliphatic rings. The van der Waals surface area contributed by atoms with Crippen LogP contribution in [-0.4, -0.2) is 16.1 Å². The van der Waals surface area contributed by atoms with Crippen LogP contribution in [0, 0.1) is 27.7 Å². The van der Waals surface area contributed by atoms with Gasteiger partial charge in [-0.15, -0.1) is 0 Å². The van der Waals surface area contributed by atoms with Crippen LogP contribution in [0.15, 0.2) is 24.5 Å². The van der Waals surface area contributed by atoms with Crippen LogP contribution < -0.4 is 5.32 Å². The van der Waals surface area contributed by atoms with Crippen molar-refractivity contribution in [1.29, 1.82) is 0 Å². The van der Waals surface area contributed by atoms with Crippen molar-refractivity contribution in [3.05, 3.63) is 52.6 Å². The lowest BCUT2D eigenvalue weighted by Gasteiger charge is -2.22. The standard InChI is InChI=1S/C18H27N3/c1-6-9-19-18(11-21-12-20-15(4)16(21)5)17-10-13(2)7-8-14(17)3/h7-8,10,12,18-19H,6,9,11H2,1-5H3. The van der Waals surface area contributed by atoms with Gasteiger partial charge in [0.2, 0.25) is 0 Å². The van der Waals surface area contributed by atoms with E-state index in [9.17, 15) is 0 Å². The third-order valence-corrected chi connectivity index (χ3v) is 4.18. The summed E-state index contributed by atoms with van der Waals surface area (Å²) in [6.07, 6.45) is 3.10. The Morgan fingerprint density at radius 3 is 2.57 bits per heavy atom. The number of nitrogens with one attached hydrogen (secondary N) is 1. The van der Waals surface area contributed by atoms with E-state index in [1.165, 1.54) is 22.4 Å². The smallest absolute Gasteiger partial charge is 0.0952 e. The zero-order valence-electron chi connectivity index (χ0n) is 13.9. The Hall–Kier alpha value is -1.61. The van der Waals surface area contributed by atoms with E-state index >= 15 is 0 Å². The summed E-state index contributed by atoms with van der Waals surface area (Å²) in [6.45, 7) is 12.7. The quantitative estimate of drug-likeness (QED) is 0.873. The van der Waals surface area contributed by atoms with Crippen molar-refractivity contribution in [1.82, 2.24) is 14.9 Å². The molecule has 1 atom stereocenters. The number of aryl methyl sites for hydroxylation is 3. The second-order valence-electron chi connectivity index (χ2n) is 5.93. The fraction of sp³-hybridized carbons (Fsp3) is 0.500. The fourth-order valence-corrected chi connectivity index (χ4v) is 2.65. The van der Waals surface area contributed by atoms with Crippen molar-refractivity contribution in [2.45, 2.75) is 53.6 Å². The molecule has 0 amide bonds. The zero-order chi connectivity index (χ0) is 15.4. The third kappa shape index (κ3) is 3.73. The molecule has 0 spiro atoms. The Bertz CT molecular complexity index is 599. The monoisotopic (exact) mass is 285 g/mol. The normalized spacial score (nSPS) is 12.6. The van der Waals surface area contributed by atoms with E-state index in [-0.39, 0.29) is 0 Å². The maximum atomic E-state index is 4.42. The Morgan fingerprint density at radius 2 is 1.95 bits per heavy atom. The van der Waals surface area contributed by atoms with Gasteiger partial charge in [0.25, 0.3) is 0 Å². The second-order valence-corrected chi connectivity index (χ2v) is 5.93. The SMILES string of the molecule is CCCNC(Cn1cnc(C)c1C)c1cc(C)ccc1C. The van der Waals surface area contributed by atoms with Gasteiger partial charge in [-0.05, 0) is 51.8 Å². The van der Waals surface area contributed by atoms with E-state index < -0.39 is 0 Å². The molecule has 0 bridgehead atoms. The predicted octanol–water partition coefficient (Wildman–Crippen LogP) is 3.86. The highest BCUT2D eigenvalue weighted by Gasteiger charge is 2.15. The van der Waals surface area contributed by atoms with E-state index in [4.69, 9.17) is 0 Å². The van der Waals surface area contributed by atoms with E-state index in [1.54, 1.807) is 0 Å². The van der Waals surface area contributed by atoms with Crippen LogP contribution in [-0.2, 0) is 6.54 Å². The molecule has 3 nitrogen and oxygen atoms in total. The van der Waals surface area contributed by atoms with Crippen LogP contribution in [0.2, 0.25) is 0 Å². The molecule has 0 fully saturated rings. The molecule has 1 unspecified atom stereocenters. The number of imidazole rings is 1. The molecule has 0 saturated heterocycles. The van der Waals surface area contributed by atoms with Crippen LogP contribution >= 0.6 is 0 Å². The largest absolute Gasteiger partial charge is 0.333 e. The molecular weight excluding hydrogens is 258 g/mol. The minimum atomic E-state index is 0.331. The molecule has 114 valence electrons. The summed E-state index contributed by atoms with van der Waals surface area (Å²) in [4.78, 5) is 4.42. The number of hydrogen-bond acceptors (Lipinski definition) is 2. The lowest BCUT2D eigenvalue weighted by molar-refractivity contribution is 0.457. The first-order valence-corrected chi connectivity index (χ1v) is 7.81. The molecule has 0 saturated carbocycles. The lowest BCUT2D eigenvalue weighted by atomic mass is 9.98. The highest BCUT2D eigenvalue weighted by molar-refractivity contribution is 5.33. The van der Waals surface area contributed by atoms with E-state index in [1.807, 2.05) is 6.33 Å². The van der Waals surface area contributed by atoms with Crippen molar-refractivity contribution in [2.24, 2.45) is 0 Å². The summed E-state index contributed by atoms with van der Waals surface area (Å²) in [6, 6.07) is 7.04. The summed E-state index contributed by atoms with van der Waals surface area (Å²) < 4.78 is 2.25. The summed E-state index contributed by atoms with van der Waals surface area (Å²) in [5.74, 6) is 0. The molecular formula is C18H27N3. The number of benzene rings is 1. The first-order chi connectivity index (χ1) is 10.0. The van der Waals surface area contributed by atoms with Gasteiger partial charge in [-0.3, -0.25) is 0 Å². The van der Waals surface area contributed by atoms with Crippen molar-refractivity contribution in [3.8, 4) is 0 Å². The molecule has 1 aromatic heterocycles. The fourth-order valence-electron chi connectivity index (χ4n) is 2.65. The van der Waals surface area contributed by atoms with Crippen LogP contribution in [0.25, 0.3) is 0 Å². The van der Waals surface area contributed by atoms with Gasteiger partial charge >= 0.3 is 0 Å². The zero-order valence-corrected chi connectivity index (χ0v) is 13.9. The van der Waals surface area contributed by atoms with Crippen molar-refractivity contribution >= 4 is 0 Å². The van der Waals surface area contributed by atoms with Crippen molar-refractivity contribution in [3.63, 3.8) is 0 Å². The molecule has 2 aromatic rings. The molecule has 21 heavy (non-hydrogen) atoms. The number of hydrogen-bond donors (Lipinski definition) is 1. The second kappa shape index (κ2) is 6.90. The molecule has 0 aliphatic carbocycles. The van der Waals surface area contributed by atoms with Crippen LogP contribution in [0.4, 0.5) is 0 Å². The summed E-state index contributed by atoms with van der Waals surface area (Å²) in [5, 5.41) is 3.69. The molecule has 1 aromatic carbocycles. The van der Waals surface area contributed by atoms with Gasteiger partial charge in [0.05, 0.1) is 18.1 Å². The van der Waals surface area contributed by atoms with Gasteiger partial charge in [-0.2, -0.15) is 0 Å². The Labute approximate surface area is 128 Å². The van der Waals surface area contributed by atoms with E-state index in [2.05, 4.69) is 67.7 Å². The number of rotatable bonds is 6. The molecule has 0 radical (unpaired) electrons. The third-order valence-electron chi connectivity index (χ3n) is 4.18. The summed E-state index contributed by atoms with van der Waals surface area (Å²) in [5.41, 5.74) is 6.43. The Kier molecular flexibility index (Phi) is 5.18. The van der Waals surface area contributed by atoms with Crippen LogP contribution in [0.3, 0.4) is 0 Å². The number of aromatic nitrogens is 2. The maximum Gasteiger partial charge on any atom is 0.0952 e. The van der Waals surface area contributed by atoms with Gasteiger partial charge in [0.15, 0.2) is 0 Å². The van der Waals surface area contributed by atoms with E-state index in [0.717, 1.165) is 25.2 Å². The van der Waals surface area contributed by atoms with Gasteiger partial charge in [-0.1, -0.05) is 30.7 Å².